The Morgan fingerprint density at radius 1 is 1.21 bits per heavy atom. The molecule has 39 heavy (non-hydrogen) atoms. The minimum absolute atomic E-state index is 0.222. The van der Waals surface area contributed by atoms with Gasteiger partial charge in [0.15, 0.2) is 0 Å². The molecule has 2 unspecified atom stereocenters. The van der Waals surface area contributed by atoms with Crippen molar-refractivity contribution in [3.8, 4) is 5.69 Å². The van der Waals surface area contributed by atoms with E-state index in [0.717, 1.165) is 61.2 Å². The van der Waals surface area contributed by atoms with Crippen molar-refractivity contribution in [2.75, 3.05) is 19.8 Å². The van der Waals surface area contributed by atoms with E-state index >= 15 is 8.78 Å². The number of carbonyl (C=O) groups excluding carboxylic acids is 1. The summed E-state index contributed by atoms with van der Waals surface area (Å²) < 4.78 is 40.7. The molecule has 1 aliphatic carbocycles. The van der Waals surface area contributed by atoms with Crippen LogP contribution in [0.3, 0.4) is 0 Å². The van der Waals surface area contributed by atoms with Gasteiger partial charge in [-0.05, 0) is 64.5 Å². The number of aryl methyl sites for hydroxylation is 1. The van der Waals surface area contributed by atoms with Crippen LogP contribution in [0.15, 0.2) is 35.9 Å². The first-order valence-electron chi connectivity index (χ1n) is 13.9. The Morgan fingerprint density at radius 2 is 1.92 bits per heavy atom. The van der Waals surface area contributed by atoms with E-state index in [0.29, 0.717) is 30.1 Å². The van der Waals surface area contributed by atoms with E-state index in [9.17, 15) is 4.79 Å². The van der Waals surface area contributed by atoms with Crippen LogP contribution >= 0.6 is 0 Å². The van der Waals surface area contributed by atoms with Gasteiger partial charge in [0, 0.05) is 43.0 Å². The normalized spacial score (nSPS) is 27.9. The van der Waals surface area contributed by atoms with Gasteiger partial charge in [-0.25, -0.2) is 18.3 Å². The van der Waals surface area contributed by atoms with E-state index in [2.05, 4.69) is 24.1 Å². The summed E-state index contributed by atoms with van der Waals surface area (Å²) in [6, 6.07) is 4.78. The van der Waals surface area contributed by atoms with Crippen molar-refractivity contribution in [1.29, 1.82) is 0 Å². The third-order valence-electron chi connectivity index (χ3n) is 9.43. The number of para-hydroxylation sites is 1. The molecule has 0 bridgehead atoms. The van der Waals surface area contributed by atoms with Crippen molar-refractivity contribution >= 4 is 11.6 Å². The van der Waals surface area contributed by atoms with Gasteiger partial charge in [0.1, 0.15) is 17.2 Å². The molecular weight excluding hydrogens is 500 g/mol. The number of halogens is 2. The predicted molar refractivity (Wildman–Crippen MR) is 146 cm³/mol. The van der Waals surface area contributed by atoms with E-state index < -0.39 is 28.6 Å². The first-order chi connectivity index (χ1) is 18.4. The highest BCUT2D eigenvalue weighted by atomic mass is 19.1. The molecular formula is C30H37F2N5O2. The standard InChI is InChI=1S/C30H37F2N5O2/c1-6-18-8-7-9-19-22-24(32)29(4,34-27(33)38)14-21(31)30(22,5)26-20-16-36(15-17-10-12-39-13-11-17)28(2,3)25(20)35-37(26)23(18)19/h7-9,14,17H,6,10-13,15-16H2,1-5H3,(H3,33,34,38). The Bertz CT molecular complexity index is 1440. The van der Waals surface area contributed by atoms with E-state index in [1.165, 1.54) is 6.92 Å². The molecule has 0 spiro atoms. The van der Waals surface area contributed by atoms with Crippen molar-refractivity contribution in [3.05, 3.63) is 64.0 Å². The maximum absolute atomic E-state index is 16.7. The zero-order chi connectivity index (χ0) is 27.9. The molecule has 2 amide bonds. The number of nitrogens with zero attached hydrogens (tertiary/aromatic N) is 3. The number of primary amides is 1. The summed E-state index contributed by atoms with van der Waals surface area (Å²) in [6.45, 7) is 12.6. The lowest BCUT2D eigenvalue weighted by atomic mass is 9.65. The number of nitrogens with one attached hydrogen (secondary N) is 1. The largest absolute Gasteiger partial charge is 0.381 e. The Hall–Kier alpha value is -3.04. The summed E-state index contributed by atoms with van der Waals surface area (Å²) in [5, 5.41) is 7.61. The van der Waals surface area contributed by atoms with Gasteiger partial charge in [0.05, 0.1) is 28.0 Å². The van der Waals surface area contributed by atoms with Crippen LogP contribution in [-0.2, 0) is 28.7 Å². The Balaban J connectivity index is 1.58. The lowest BCUT2D eigenvalue weighted by molar-refractivity contribution is 0.0323. The SMILES string of the molecule is CCc1cccc2c1-n1nc3c(c1C1(C)C(F)=CC(C)(NC(N)=O)C(F)=C21)CN(CC1CCOCC1)C3(C)C. The summed E-state index contributed by atoms with van der Waals surface area (Å²) in [6.07, 6.45) is 3.90. The number of urea groups is 1. The molecule has 2 aromatic rings. The number of fused-ring (bicyclic) bond motifs is 8. The summed E-state index contributed by atoms with van der Waals surface area (Å²) in [7, 11) is 0. The number of carbonyl (C=O) groups is 1. The molecule has 4 heterocycles. The molecule has 3 aliphatic heterocycles. The number of amides is 2. The van der Waals surface area contributed by atoms with Crippen LogP contribution in [0.5, 0.6) is 0 Å². The molecule has 1 saturated heterocycles. The maximum atomic E-state index is 16.7. The lowest BCUT2D eigenvalue weighted by Gasteiger charge is -2.44. The van der Waals surface area contributed by atoms with Crippen LogP contribution in [-0.4, -0.2) is 46.0 Å². The third kappa shape index (κ3) is 3.58. The van der Waals surface area contributed by atoms with Crippen LogP contribution in [0.25, 0.3) is 11.3 Å². The second kappa shape index (κ2) is 8.73. The van der Waals surface area contributed by atoms with Gasteiger partial charge in [-0.3, -0.25) is 4.90 Å². The van der Waals surface area contributed by atoms with E-state index in [-0.39, 0.29) is 11.1 Å². The van der Waals surface area contributed by atoms with Gasteiger partial charge in [-0.2, -0.15) is 5.10 Å². The molecule has 6 rings (SSSR count). The molecule has 1 aromatic heterocycles. The molecule has 1 aromatic carbocycles. The highest BCUT2D eigenvalue weighted by molar-refractivity contribution is 5.90. The van der Waals surface area contributed by atoms with Crippen molar-refractivity contribution < 1.29 is 18.3 Å². The zero-order valence-electron chi connectivity index (χ0n) is 23.3. The average molecular weight is 538 g/mol. The van der Waals surface area contributed by atoms with Gasteiger partial charge in [0.2, 0.25) is 0 Å². The molecule has 208 valence electrons. The van der Waals surface area contributed by atoms with E-state index in [1.54, 1.807) is 6.92 Å². The molecule has 0 radical (unpaired) electrons. The average Bonchev–Trinajstić information content (AvgIpc) is 3.38. The fourth-order valence-electron chi connectivity index (χ4n) is 7.19. The second-order valence-corrected chi connectivity index (χ2v) is 12.2. The number of benzene rings is 1. The van der Waals surface area contributed by atoms with Crippen molar-refractivity contribution in [2.24, 2.45) is 11.7 Å². The van der Waals surface area contributed by atoms with Gasteiger partial charge in [0.25, 0.3) is 0 Å². The molecule has 0 saturated carbocycles. The fraction of sp³-hybridized carbons (Fsp3) is 0.533. The minimum Gasteiger partial charge on any atom is -0.381 e. The third-order valence-corrected chi connectivity index (χ3v) is 9.43. The first kappa shape index (κ1) is 26.2. The highest BCUT2D eigenvalue weighted by Crippen LogP contribution is 2.59. The smallest absolute Gasteiger partial charge is 0.313 e. The number of allylic oxidation sites excluding steroid dienone is 2. The quantitative estimate of drug-likeness (QED) is 0.565. The number of ether oxygens (including phenoxy) is 1. The molecule has 7 nitrogen and oxygen atoms in total. The number of hydrogen-bond acceptors (Lipinski definition) is 4. The second-order valence-electron chi connectivity index (χ2n) is 12.2. The maximum Gasteiger partial charge on any atom is 0.313 e. The van der Waals surface area contributed by atoms with E-state index in [4.69, 9.17) is 15.6 Å². The first-order valence-corrected chi connectivity index (χ1v) is 13.9. The summed E-state index contributed by atoms with van der Waals surface area (Å²) in [4.78, 5) is 14.3. The topological polar surface area (TPSA) is 85.4 Å². The van der Waals surface area contributed by atoms with Gasteiger partial charge < -0.3 is 15.8 Å². The molecule has 3 N–H and O–H groups in total. The summed E-state index contributed by atoms with van der Waals surface area (Å²) in [5.74, 6) is -0.627. The van der Waals surface area contributed by atoms with Crippen LogP contribution in [0.4, 0.5) is 13.6 Å². The highest BCUT2D eigenvalue weighted by Gasteiger charge is 2.56. The van der Waals surface area contributed by atoms with Gasteiger partial charge >= 0.3 is 6.03 Å². The number of nitrogens with two attached hydrogens (primary N) is 1. The zero-order valence-corrected chi connectivity index (χ0v) is 23.3. The Labute approximate surface area is 228 Å². The fourth-order valence-corrected chi connectivity index (χ4v) is 7.19. The van der Waals surface area contributed by atoms with Gasteiger partial charge in [-0.15, -0.1) is 0 Å². The van der Waals surface area contributed by atoms with Crippen LogP contribution in [0.2, 0.25) is 0 Å². The number of hydrogen-bond donors (Lipinski definition) is 2. The number of rotatable bonds is 4. The molecule has 2 atom stereocenters. The molecule has 9 heteroatoms. The van der Waals surface area contributed by atoms with Gasteiger partial charge in [-0.1, -0.05) is 25.1 Å². The van der Waals surface area contributed by atoms with Crippen LogP contribution in [0.1, 0.15) is 75.5 Å². The van der Waals surface area contributed by atoms with Crippen molar-refractivity contribution in [1.82, 2.24) is 20.0 Å². The predicted octanol–water partition coefficient (Wildman–Crippen LogP) is 5.16. The Kier molecular flexibility index (Phi) is 5.86. The number of aromatic nitrogens is 2. The summed E-state index contributed by atoms with van der Waals surface area (Å²) in [5.41, 5.74) is 6.98. The van der Waals surface area contributed by atoms with E-state index in [1.807, 2.05) is 29.8 Å². The van der Waals surface area contributed by atoms with Crippen molar-refractivity contribution in [2.45, 2.75) is 76.9 Å². The molecule has 4 aliphatic rings. The Morgan fingerprint density at radius 3 is 2.59 bits per heavy atom. The van der Waals surface area contributed by atoms with Crippen molar-refractivity contribution in [3.63, 3.8) is 0 Å². The monoisotopic (exact) mass is 537 g/mol. The lowest BCUT2D eigenvalue weighted by Crippen LogP contribution is -2.52. The summed E-state index contributed by atoms with van der Waals surface area (Å²) >= 11 is 0. The minimum atomic E-state index is -1.70. The van der Waals surface area contributed by atoms with Crippen LogP contribution < -0.4 is 11.1 Å². The van der Waals surface area contributed by atoms with Crippen LogP contribution in [0, 0.1) is 5.92 Å². The molecule has 1 fully saturated rings.